The molecule has 0 saturated carbocycles. The number of nitrogens with two attached hydrogens (primary N) is 1. The van der Waals surface area contributed by atoms with Crippen LogP contribution in [0, 0.1) is 5.82 Å². The molecule has 0 saturated heterocycles. The van der Waals surface area contributed by atoms with Gasteiger partial charge in [-0.3, -0.25) is 10.1 Å². The summed E-state index contributed by atoms with van der Waals surface area (Å²) in [6.45, 7) is -0.451. The van der Waals surface area contributed by atoms with Crippen LogP contribution in [0.2, 0.25) is 0 Å². The van der Waals surface area contributed by atoms with Gasteiger partial charge >= 0.3 is 12.0 Å². The van der Waals surface area contributed by atoms with Gasteiger partial charge in [0, 0.05) is 12.1 Å². The minimum Gasteiger partial charge on any atom is -0.482 e. The Morgan fingerprint density at radius 2 is 1.71 bits per heavy atom. The van der Waals surface area contributed by atoms with Crippen molar-refractivity contribution in [1.29, 1.82) is 0 Å². The summed E-state index contributed by atoms with van der Waals surface area (Å²) in [6, 6.07) is 11.1. The van der Waals surface area contributed by atoms with E-state index in [1.165, 1.54) is 24.3 Å². The predicted molar refractivity (Wildman–Crippen MR) is 110 cm³/mol. The molecule has 2 aromatic rings. The first kappa shape index (κ1) is 21.4. The number of carbonyl (C=O) groups is 3. The van der Waals surface area contributed by atoms with Gasteiger partial charge < -0.3 is 20.9 Å². The number of carboxylic acid groups (broad SMARTS) is 1. The summed E-state index contributed by atoms with van der Waals surface area (Å²) in [5.41, 5.74) is 6.31. The number of rotatable bonds is 7. The summed E-state index contributed by atoms with van der Waals surface area (Å²) in [5, 5.41) is 13.5. The van der Waals surface area contributed by atoms with Gasteiger partial charge in [0.25, 0.3) is 5.91 Å². The fourth-order valence-corrected chi connectivity index (χ4v) is 2.69. The van der Waals surface area contributed by atoms with E-state index in [1.807, 2.05) is 0 Å². The number of aliphatic imine (C=N–C) groups is 2. The summed E-state index contributed by atoms with van der Waals surface area (Å²) in [5.74, 6) is -2.05. The van der Waals surface area contributed by atoms with Gasteiger partial charge in [-0.05, 0) is 42.0 Å². The fraction of sp³-hybridized carbons (Fsp3) is 0.150. The second kappa shape index (κ2) is 9.48. The molecule has 1 atom stereocenters. The maximum atomic E-state index is 13.0. The van der Waals surface area contributed by atoms with Crippen LogP contribution in [0.25, 0.3) is 0 Å². The number of halogens is 1. The highest BCUT2D eigenvalue weighted by molar-refractivity contribution is 6.67. The lowest BCUT2D eigenvalue weighted by molar-refractivity contribution is -0.139. The summed E-state index contributed by atoms with van der Waals surface area (Å²) in [4.78, 5) is 42.8. The van der Waals surface area contributed by atoms with Gasteiger partial charge in [-0.1, -0.05) is 12.1 Å². The Morgan fingerprint density at radius 3 is 2.32 bits per heavy atom. The summed E-state index contributed by atoms with van der Waals surface area (Å²) in [6.07, 6.45) is -0.379. The number of aliphatic carboxylic acids is 1. The van der Waals surface area contributed by atoms with Gasteiger partial charge in [0.05, 0.1) is 0 Å². The molecule has 11 heteroatoms. The van der Waals surface area contributed by atoms with Gasteiger partial charge in [-0.25, -0.2) is 24.0 Å². The number of hydrogen-bond acceptors (Lipinski definition) is 6. The minimum absolute atomic E-state index is 0.0708. The van der Waals surface area contributed by atoms with Crippen molar-refractivity contribution in [2.75, 3.05) is 11.9 Å². The smallest absolute Gasteiger partial charge is 0.341 e. The number of amidine groups is 1. The Labute approximate surface area is 175 Å². The molecule has 10 nitrogen and oxygen atoms in total. The van der Waals surface area contributed by atoms with Crippen LogP contribution in [0.3, 0.4) is 0 Å². The zero-order chi connectivity index (χ0) is 22.4. The molecule has 0 bridgehead atoms. The van der Waals surface area contributed by atoms with Crippen molar-refractivity contribution < 1.29 is 28.6 Å². The number of primary amides is 1. The van der Waals surface area contributed by atoms with Crippen LogP contribution >= 0.6 is 0 Å². The highest BCUT2D eigenvalue weighted by Crippen LogP contribution is 2.17. The standard InChI is InChI=1S/C20H18FN5O5/c21-12-3-5-13(6-4-12)23-20(30)26-19-17(18(22)29)24-15(25-19)9-11-1-7-14(8-2-11)31-10-16(27)28/h1-8,15H,9-10H2,(H2,22,29)(H,27,28)(H2,23,25,26,30). The third-order valence-electron chi connectivity index (χ3n) is 4.05. The average Bonchev–Trinajstić information content (AvgIpc) is 3.11. The molecule has 0 aliphatic carbocycles. The molecular formula is C20H18FN5O5. The molecule has 0 radical (unpaired) electrons. The molecule has 31 heavy (non-hydrogen) atoms. The predicted octanol–water partition coefficient (Wildman–Crippen LogP) is 1.32. The molecule has 3 rings (SSSR count). The number of anilines is 1. The van der Waals surface area contributed by atoms with Crippen LogP contribution < -0.4 is 21.1 Å². The molecule has 0 aromatic heterocycles. The molecular weight excluding hydrogens is 409 g/mol. The van der Waals surface area contributed by atoms with Gasteiger partial charge in [-0.15, -0.1) is 0 Å². The van der Waals surface area contributed by atoms with E-state index in [0.29, 0.717) is 17.9 Å². The third-order valence-corrected chi connectivity index (χ3v) is 4.05. The minimum atomic E-state index is -1.08. The molecule has 1 aliphatic rings. The first-order chi connectivity index (χ1) is 14.8. The molecule has 5 N–H and O–H groups in total. The number of ether oxygens (including phenoxy) is 1. The van der Waals surface area contributed by atoms with E-state index < -0.39 is 36.5 Å². The van der Waals surface area contributed by atoms with Gasteiger partial charge in [0.1, 0.15) is 17.7 Å². The number of nitrogens with one attached hydrogen (secondary N) is 2. The molecule has 1 unspecified atom stereocenters. The normalized spacial score (nSPS) is 14.9. The number of nitrogens with zero attached hydrogens (tertiary/aromatic N) is 2. The SMILES string of the molecule is NC(=O)C1=NC(Cc2ccc(OCC(=O)O)cc2)N=C1NC(=O)Nc1ccc(F)cc1. The molecule has 0 fully saturated rings. The first-order valence-electron chi connectivity index (χ1n) is 9.03. The quantitative estimate of drug-likeness (QED) is 0.524. The highest BCUT2D eigenvalue weighted by atomic mass is 19.1. The van der Waals surface area contributed by atoms with Crippen LogP contribution in [0.15, 0.2) is 58.5 Å². The maximum absolute atomic E-state index is 13.0. The largest absolute Gasteiger partial charge is 0.482 e. The van der Waals surface area contributed by atoms with Crippen molar-refractivity contribution in [3.63, 3.8) is 0 Å². The summed E-state index contributed by atoms with van der Waals surface area (Å²) in [7, 11) is 0. The van der Waals surface area contributed by atoms with Crippen LogP contribution in [0.1, 0.15) is 5.56 Å². The fourth-order valence-electron chi connectivity index (χ4n) is 2.69. The van der Waals surface area contributed by atoms with E-state index >= 15 is 0 Å². The summed E-state index contributed by atoms with van der Waals surface area (Å²) < 4.78 is 18.0. The lowest BCUT2D eigenvalue weighted by Gasteiger charge is -2.08. The Balaban J connectivity index is 1.64. The molecule has 0 spiro atoms. The second-order valence-corrected chi connectivity index (χ2v) is 6.42. The van der Waals surface area contributed by atoms with Crippen molar-refractivity contribution >= 4 is 35.1 Å². The monoisotopic (exact) mass is 427 g/mol. The maximum Gasteiger partial charge on any atom is 0.341 e. The Morgan fingerprint density at radius 1 is 1.03 bits per heavy atom. The third kappa shape index (κ3) is 6.10. The Hall–Kier alpha value is -4.28. The first-order valence-corrected chi connectivity index (χ1v) is 9.03. The van der Waals surface area contributed by atoms with E-state index in [2.05, 4.69) is 20.6 Å². The van der Waals surface area contributed by atoms with E-state index in [0.717, 1.165) is 5.56 Å². The lowest BCUT2D eigenvalue weighted by atomic mass is 10.1. The Bertz CT molecular complexity index is 1050. The average molecular weight is 427 g/mol. The van der Waals surface area contributed by atoms with Crippen molar-refractivity contribution in [3.05, 3.63) is 59.9 Å². The van der Waals surface area contributed by atoms with Crippen LogP contribution in [0.5, 0.6) is 5.75 Å². The van der Waals surface area contributed by atoms with Crippen molar-refractivity contribution in [1.82, 2.24) is 5.32 Å². The number of amides is 3. The number of benzene rings is 2. The Kier molecular flexibility index (Phi) is 6.55. The van der Waals surface area contributed by atoms with Gasteiger partial charge in [0.2, 0.25) is 0 Å². The van der Waals surface area contributed by atoms with Crippen molar-refractivity contribution in [2.45, 2.75) is 12.6 Å². The zero-order valence-electron chi connectivity index (χ0n) is 16.0. The van der Waals surface area contributed by atoms with Crippen LogP contribution in [0.4, 0.5) is 14.9 Å². The second-order valence-electron chi connectivity index (χ2n) is 6.42. The van der Waals surface area contributed by atoms with E-state index in [9.17, 15) is 18.8 Å². The van der Waals surface area contributed by atoms with Gasteiger partial charge in [0.15, 0.2) is 18.2 Å². The number of carbonyl (C=O) groups excluding carboxylic acids is 2. The number of carboxylic acids is 1. The zero-order valence-corrected chi connectivity index (χ0v) is 16.0. The molecule has 1 aliphatic heterocycles. The summed E-state index contributed by atoms with van der Waals surface area (Å²) >= 11 is 0. The number of urea groups is 1. The van der Waals surface area contributed by atoms with Crippen molar-refractivity contribution in [3.8, 4) is 5.75 Å². The molecule has 3 amide bonds. The van der Waals surface area contributed by atoms with Crippen molar-refractivity contribution in [2.24, 2.45) is 15.7 Å². The molecule has 160 valence electrons. The topological polar surface area (TPSA) is 155 Å². The highest BCUT2D eigenvalue weighted by Gasteiger charge is 2.26. The molecule has 1 heterocycles. The van der Waals surface area contributed by atoms with Crippen LogP contribution in [-0.4, -0.2) is 47.3 Å². The molecule has 2 aromatic carbocycles. The lowest BCUT2D eigenvalue weighted by Crippen LogP contribution is -2.42. The van der Waals surface area contributed by atoms with Gasteiger partial charge in [-0.2, -0.15) is 0 Å². The van der Waals surface area contributed by atoms with E-state index in [1.54, 1.807) is 24.3 Å². The van der Waals surface area contributed by atoms with Crippen LogP contribution in [-0.2, 0) is 16.0 Å². The number of hydrogen-bond donors (Lipinski definition) is 4. The van der Waals surface area contributed by atoms with E-state index in [4.69, 9.17) is 15.6 Å². The van der Waals surface area contributed by atoms with E-state index in [-0.39, 0.29) is 11.5 Å².